The summed E-state index contributed by atoms with van der Waals surface area (Å²) in [7, 11) is 0. The van der Waals surface area contributed by atoms with Crippen molar-refractivity contribution in [2.45, 2.75) is 32.5 Å². The molecule has 0 saturated heterocycles. The van der Waals surface area contributed by atoms with E-state index >= 15 is 0 Å². The number of nitrogens with zero attached hydrogens (tertiary/aromatic N) is 1. The second-order valence-corrected chi connectivity index (χ2v) is 7.04. The van der Waals surface area contributed by atoms with Gasteiger partial charge >= 0.3 is 12.2 Å². The fourth-order valence-corrected chi connectivity index (χ4v) is 3.31. The quantitative estimate of drug-likeness (QED) is 0.320. The maximum absolute atomic E-state index is 11.0. The molecule has 3 amide bonds. The van der Waals surface area contributed by atoms with Crippen LogP contribution >= 0.6 is 11.3 Å². The molecule has 0 atom stereocenters. The van der Waals surface area contributed by atoms with Crippen LogP contribution in [-0.4, -0.2) is 46.1 Å². The number of thiazole rings is 1. The fourth-order valence-electron chi connectivity index (χ4n) is 2.52. The van der Waals surface area contributed by atoms with E-state index in [1.165, 1.54) is 18.3 Å². The van der Waals surface area contributed by atoms with Crippen LogP contribution < -0.4 is 21.3 Å². The summed E-state index contributed by atoms with van der Waals surface area (Å²) in [5.74, 6) is -0.139. The molecule has 6 N–H and O–H groups in total. The molecule has 0 radical (unpaired) electrons. The van der Waals surface area contributed by atoms with Crippen molar-refractivity contribution in [3.63, 3.8) is 0 Å². The Hall–Kier alpha value is -3.18. The van der Waals surface area contributed by atoms with E-state index in [9.17, 15) is 14.4 Å². The highest BCUT2D eigenvalue weighted by Gasteiger charge is 2.12. The lowest BCUT2D eigenvalue weighted by molar-refractivity contribution is -0.114. The molecule has 0 aliphatic carbocycles. The van der Waals surface area contributed by atoms with Gasteiger partial charge in [0.1, 0.15) is 0 Å². The summed E-state index contributed by atoms with van der Waals surface area (Å²) >= 11 is 1.40. The number of anilines is 1. The minimum atomic E-state index is -1.33. The van der Waals surface area contributed by atoms with Crippen molar-refractivity contribution >= 4 is 34.6 Å². The molecule has 1 aromatic carbocycles. The number of hydrogen-bond donors (Lipinski definition) is 6. The first-order chi connectivity index (χ1) is 13.8. The lowest BCUT2D eigenvalue weighted by atomic mass is 10.0. The number of amides is 3. The van der Waals surface area contributed by atoms with Crippen molar-refractivity contribution in [2.24, 2.45) is 0 Å². The maximum atomic E-state index is 11.0. The fraction of sp³-hybridized carbons (Fsp3) is 0.333. The topological polar surface area (TPSA) is 153 Å². The Morgan fingerprint density at radius 1 is 1.00 bits per heavy atom. The number of aromatic nitrogens is 1. The van der Waals surface area contributed by atoms with Gasteiger partial charge in [-0.25, -0.2) is 14.6 Å². The van der Waals surface area contributed by atoms with Crippen LogP contribution in [0.4, 0.5) is 14.7 Å². The van der Waals surface area contributed by atoms with Crippen LogP contribution in [0.5, 0.6) is 0 Å². The molecule has 10 nitrogen and oxygen atoms in total. The van der Waals surface area contributed by atoms with Gasteiger partial charge in [-0.3, -0.25) is 20.7 Å². The molecule has 1 heterocycles. The number of benzene rings is 1. The third-order valence-electron chi connectivity index (χ3n) is 3.83. The van der Waals surface area contributed by atoms with E-state index in [2.05, 4.69) is 15.6 Å². The Labute approximate surface area is 171 Å². The highest BCUT2D eigenvalue weighted by Crippen LogP contribution is 2.17. The minimum Gasteiger partial charge on any atom is -0.465 e. The Balaban J connectivity index is 1.77. The summed E-state index contributed by atoms with van der Waals surface area (Å²) in [6.45, 7) is 1.83. The number of hydrogen-bond acceptors (Lipinski definition) is 6. The van der Waals surface area contributed by atoms with Crippen LogP contribution in [-0.2, 0) is 24.1 Å². The monoisotopic (exact) mass is 421 g/mol. The van der Waals surface area contributed by atoms with Gasteiger partial charge in [-0.05, 0) is 30.4 Å². The molecule has 0 saturated carbocycles. The van der Waals surface area contributed by atoms with Crippen molar-refractivity contribution in [1.29, 1.82) is 0 Å². The summed E-state index contributed by atoms with van der Waals surface area (Å²) in [6.07, 6.45) is -1.56. The zero-order valence-corrected chi connectivity index (χ0v) is 16.6. The smallest absolute Gasteiger partial charge is 0.407 e. The SMILES string of the molecule is CC(=O)Nc1nc(CCc2ccc(CCNC(NC(=O)O)NC(=O)O)cc2)cs1. The van der Waals surface area contributed by atoms with Gasteiger partial charge in [0.2, 0.25) is 5.91 Å². The Kier molecular flexibility index (Phi) is 8.37. The van der Waals surface area contributed by atoms with Gasteiger partial charge in [0, 0.05) is 18.8 Å². The summed E-state index contributed by atoms with van der Waals surface area (Å²) in [5.41, 5.74) is 3.11. The number of nitrogens with one attached hydrogen (secondary N) is 4. The van der Waals surface area contributed by atoms with E-state index in [0.29, 0.717) is 18.1 Å². The standard InChI is InChI=1S/C18H23N5O5S/c1-11(24)20-16-21-14(10-29-16)7-6-12-2-4-13(5-3-12)8-9-19-15(22-17(25)26)23-18(27)28/h2-5,10,15,19,22-23H,6-9H2,1H3,(H,25,26)(H,27,28)(H,20,21,24). The third kappa shape index (κ3) is 8.58. The van der Waals surface area contributed by atoms with Crippen molar-refractivity contribution in [3.05, 3.63) is 46.5 Å². The molecule has 0 fully saturated rings. The molecule has 1 aromatic heterocycles. The number of rotatable bonds is 10. The molecule has 11 heteroatoms. The van der Waals surface area contributed by atoms with Gasteiger partial charge in [0.05, 0.1) is 5.69 Å². The van der Waals surface area contributed by atoms with Crippen molar-refractivity contribution < 1.29 is 24.6 Å². The first-order valence-corrected chi connectivity index (χ1v) is 9.72. The molecule has 0 aliphatic heterocycles. The van der Waals surface area contributed by atoms with E-state index in [0.717, 1.165) is 29.7 Å². The van der Waals surface area contributed by atoms with Crippen molar-refractivity contribution in [2.75, 3.05) is 11.9 Å². The van der Waals surface area contributed by atoms with Crippen molar-refractivity contribution in [1.82, 2.24) is 20.9 Å². The van der Waals surface area contributed by atoms with Gasteiger partial charge in [-0.2, -0.15) is 0 Å². The number of carboxylic acid groups (broad SMARTS) is 2. The van der Waals surface area contributed by atoms with Crippen LogP contribution in [0.15, 0.2) is 29.6 Å². The molecule has 0 aliphatic rings. The minimum absolute atomic E-state index is 0.139. The number of carbonyl (C=O) groups is 3. The number of aryl methyl sites for hydroxylation is 2. The van der Waals surface area contributed by atoms with E-state index in [1.54, 1.807) is 0 Å². The van der Waals surface area contributed by atoms with Crippen LogP contribution in [0.2, 0.25) is 0 Å². The Morgan fingerprint density at radius 2 is 1.59 bits per heavy atom. The second-order valence-electron chi connectivity index (χ2n) is 6.18. The van der Waals surface area contributed by atoms with Crippen LogP contribution in [0.25, 0.3) is 0 Å². The molecular weight excluding hydrogens is 398 g/mol. The first kappa shape index (κ1) is 22.1. The highest BCUT2D eigenvalue weighted by atomic mass is 32.1. The number of carbonyl (C=O) groups excluding carboxylic acids is 1. The Bertz CT molecular complexity index is 823. The van der Waals surface area contributed by atoms with E-state index in [-0.39, 0.29) is 5.91 Å². The highest BCUT2D eigenvalue weighted by molar-refractivity contribution is 7.13. The van der Waals surface area contributed by atoms with Gasteiger partial charge in [-0.15, -0.1) is 11.3 Å². The normalized spacial score (nSPS) is 10.6. The molecule has 156 valence electrons. The summed E-state index contributed by atoms with van der Waals surface area (Å²) < 4.78 is 0. The van der Waals surface area contributed by atoms with E-state index < -0.39 is 18.5 Å². The van der Waals surface area contributed by atoms with E-state index in [1.807, 2.05) is 40.3 Å². The molecule has 0 spiro atoms. The van der Waals surface area contributed by atoms with Gasteiger partial charge in [0.25, 0.3) is 0 Å². The zero-order valence-electron chi connectivity index (χ0n) is 15.8. The molecule has 29 heavy (non-hydrogen) atoms. The average molecular weight is 421 g/mol. The van der Waals surface area contributed by atoms with Crippen LogP contribution in [0, 0.1) is 0 Å². The lowest BCUT2D eigenvalue weighted by Crippen LogP contribution is -2.56. The Morgan fingerprint density at radius 3 is 2.14 bits per heavy atom. The van der Waals surface area contributed by atoms with Crippen LogP contribution in [0.3, 0.4) is 0 Å². The third-order valence-corrected chi connectivity index (χ3v) is 4.63. The molecule has 0 unspecified atom stereocenters. The maximum Gasteiger partial charge on any atom is 0.407 e. The predicted octanol–water partition coefficient (Wildman–Crippen LogP) is 1.84. The largest absolute Gasteiger partial charge is 0.465 e. The van der Waals surface area contributed by atoms with Crippen molar-refractivity contribution in [3.8, 4) is 0 Å². The van der Waals surface area contributed by atoms with E-state index in [4.69, 9.17) is 10.2 Å². The average Bonchev–Trinajstić information content (AvgIpc) is 3.06. The lowest BCUT2D eigenvalue weighted by Gasteiger charge is -2.18. The summed E-state index contributed by atoms with van der Waals surface area (Å²) in [4.78, 5) is 36.7. The molecule has 2 aromatic rings. The second kappa shape index (κ2) is 11.0. The van der Waals surface area contributed by atoms with Gasteiger partial charge in [-0.1, -0.05) is 24.3 Å². The summed E-state index contributed by atoms with van der Waals surface area (Å²) in [6, 6.07) is 7.98. The molecular formula is C18H23N5O5S. The van der Waals surface area contributed by atoms with Crippen LogP contribution in [0.1, 0.15) is 23.7 Å². The van der Waals surface area contributed by atoms with Gasteiger partial charge in [0.15, 0.2) is 11.4 Å². The zero-order chi connectivity index (χ0) is 21.2. The predicted molar refractivity (Wildman–Crippen MR) is 108 cm³/mol. The molecule has 0 bridgehead atoms. The van der Waals surface area contributed by atoms with Gasteiger partial charge < -0.3 is 15.5 Å². The summed E-state index contributed by atoms with van der Waals surface area (Å²) in [5, 5.41) is 29.5. The first-order valence-electron chi connectivity index (χ1n) is 8.84. The molecule has 2 rings (SSSR count).